The SMILES string of the molecule is C#C[C@H]1c2ccsc2Cc2cccc(C)c21.C#C[C@H]1c2ccsc2Cc2cccc(C)c21. The van der Waals surface area contributed by atoms with E-state index >= 15 is 0 Å². The second kappa shape index (κ2) is 8.48. The van der Waals surface area contributed by atoms with Gasteiger partial charge in [-0.05, 0) is 81.2 Å². The van der Waals surface area contributed by atoms with Crippen molar-refractivity contribution < 1.29 is 0 Å². The topological polar surface area (TPSA) is 0 Å². The molecule has 0 spiro atoms. The number of aryl methyl sites for hydroxylation is 2. The summed E-state index contributed by atoms with van der Waals surface area (Å²) in [6.07, 6.45) is 13.5. The fourth-order valence-corrected chi connectivity index (χ4v) is 7.00. The van der Waals surface area contributed by atoms with Gasteiger partial charge in [-0.1, -0.05) is 48.2 Å². The fraction of sp³-hybridized carbons (Fsp3) is 0.200. The van der Waals surface area contributed by atoms with Gasteiger partial charge < -0.3 is 0 Å². The number of terminal acetylenes is 2. The molecule has 0 fully saturated rings. The zero-order chi connectivity index (χ0) is 22.2. The third-order valence-corrected chi connectivity index (χ3v) is 8.50. The number of hydrogen-bond donors (Lipinski definition) is 0. The van der Waals surface area contributed by atoms with Crippen LogP contribution in [0.1, 0.15) is 66.1 Å². The summed E-state index contributed by atoms with van der Waals surface area (Å²) in [7, 11) is 0. The molecule has 0 aliphatic heterocycles. The summed E-state index contributed by atoms with van der Waals surface area (Å²) < 4.78 is 0. The minimum absolute atomic E-state index is 0.159. The summed E-state index contributed by atoms with van der Waals surface area (Å²) in [5.41, 5.74) is 10.8. The zero-order valence-corrected chi connectivity index (χ0v) is 19.9. The first-order valence-electron chi connectivity index (χ1n) is 10.8. The smallest absolute Gasteiger partial charge is 0.0715 e. The second-order valence-electron chi connectivity index (χ2n) is 8.45. The summed E-state index contributed by atoms with van der Waals surface area (Å²) in [6.45, 7) is 4.31. The second-order valence-corrected chi connectivity index (χ2v) is 10.4. The molecule has 0 saturated heterocycles. The van der Waals surface area contributed by atoms with Crippen molar-refractivity contribution in [3.05, 3.63) is 114 Å². The molecule has 2 atom stereocenters. The maximum absolute atomic E-state index is 5.72. The highest BCUT2D eigenvalue weighted by molar-refractivity contribution is 7.10. The molecule has 0 amide bonds. The Labute approximate surface area is 199 Å². The minimum Gasteiger partial charge on any atom is -0.148 e. The average Bonchev–Trinajstić information content (AvgIpc) is 3.46. The molecule has 0 N–H and O–H groups in total. The van der Waals surface area contributed by atoms with Crippen molar-refractivity contribution in [2.24, 2.45) is 0 Å². The molecule has 0 saturated carbocycles. The van der Waals surface area contributed by atoms with E-state index in [-0.39, 0.29) is 11.8 Å². The van der Waals surface area contributed by atoms with Gasteiger partial charge in [0.25, 0.3) is 0 Å². The molecule has 0 nitrogen and oxygen atoms in total. The molecular weight excluding hydrogens is 424 g/mol. The standard InChI is InChI=1S/2C15H12S/c2*1-3-12-13-7-8-16-14(13)9-11-6-4-5-10(2)15(11)12/h2*1,4-8,12H,9H2,2H3/t2*12-/m00/s1. The van der Waals surface area contributed by atoms with E-state index < -0.39 is 0 Å². The molecule has 2 aliphatic rings. The first kappa shape index (κ1) is 20.8. The van der Waals surface area contributed by atoms with Crippen molar-refractivity contribution in [2.75, 3.05) is 0 Å². The Morgan fingerprint density at radius 3 is 1.53 bits per heavy atom. The molecule has 2 heterocycles. The fourth-order valence-electron chi connectivity index (χ4n) is 5.12. The van der Waals surface area contributed by atoms with E-state index in [1.165, 1.54) is 54.3 Å². The highest BCUT2D eigenvalue weighted by atomic mass is 32.1. The van der Waals surface area contributed by atoms with Gasteiger partial charge in [0.05, 0.1) is 11.8 Å². The van der Waals surface area contributed by atoms with Crippen LogP contribution in [0.3, 0.4) is 0 Å². The van der Waals surface area contributed by atoms with Gasteiger partial charge in [-0.25, -0.2) is 0 Å². The van der Waals surface area contributed by atoms with Crippen LogP contribution in [0.5, 0.6) is 0 Å². The monoisotopic (exact) mass is 448 g/mol. The van der Waals surface area contributed by atoms with Gasteiger partial charge in [0.15, 0.2) is 0 Å². The number of benzene rings is 2. The first-order chi connectivity index (χ1) is 15.6. The van der Waals surface area contributed by atoms with Gasteiger partial charge in [-0.15, -0.1) is 35.5 Å². The van der Waals surface area contributed by atoms with Crippen LogP contribution in [0.4, 0.5) is 0 Å². The molecule has 6 rings (SSSR count). The van der Waals surface area contributed by atoms with Gasteiger partial charge in [-0.3, -0.25) is 0 Å². The van der Waals surface area contributed by atoms with Crippen LogP contribution >= 0.6 is 22.7 Å². The molecule has 2 aliphatic carbocycles. The quantitative estimate of drug-likeness (QED) is 0.245. The first-order valence-corrected chi connectivity index (χ1v) is 12.6. The van der Waals surface area contributed by atoms with Crippen molar-refractivity contribution >= 4 is 22.7 Å². The molecule has 2 aromatic heterocycles. The Morgan fingerprint density at radius 1 is 0.688 bits per heavy atom. The third-order valence-electron chi connectivity index (χ3n) is 6.62. The van der Waals surface area contributed by atoms with Gasteiger partial charge >= 0.3 is 0 Å². The predicted octanol–water partition coefficient (Wildman–Crippen LogP) is 7.45. The largest absolute Gasteiger partial charge is 0.148 e. The Kier molecular flexibility index (Phi) is 5.52. The summed E-state index contributed by atoms with van der Waals surface area (Å²) in [4.78, 5) is 2.86. The van der Waals surface area contributed by atoms with Crippen LogP contribution < -0.4 is 0 Å². The van der Waals surface area contributed by atoms with Crippen molar-refractivity contribution in [1.29, 1.82) is 0 Å². The molecule has 156 valence electrons. The van der Waals surface area contributed by atoms with E-state index in [2.05, 4.69) is 85.0 Å². The molecule has 0 bridgehead atoms. The summed E-state index contributed by atoms with van der Waals surface area (Å²) in [5.74, 6) is 6.22. The maximum Gasteiger partial charge on any atom is 0.0715 e. The zero-order valence-electron chi connectivity index (χ0n) is 18.3. The van der Waals surface area contributed by atoms with E-state index in [9.17, 15) is 0 Å². The average molecular weight is 449 g/mol. The van der Waals surface area contributed by atoms with E-state index in [1.54, 1.807) is 0 Å². The minimum atomic E-state index is 0.159. The van der Waals surface area contributed by atoms with Crippen LogP contribution in [0, 0.1) is 38.5 Å². The predicted molar refractivity (Wildman–Crippen MR) is 138 cm³/mol. The molecule has 0 radical (unpaired) electrons. The molecule has 32 heavy (non-hydrogen) atoms. The number of rotatable bonds is 0. The Hall–Kier alpha value is -3.04. The van der Waals surface area contributed by atoms with Gasteiger partial charge in [0.1, 0.15) is 0 Å². The van der Waals surface area contributed by atoms with Gasteiger partial charge in [0, 0.05) is 22.6 Å². The van der Waals surface area contributed by atoms with Crippen LogP contribution in [-0.2, 0) is 12.8 Å². The van der Waals surface area contributed by atoms with Gasteiger partial charge in [0.2, 0.25) is 0 Å². The number of fused-ring (bicyclic) bond motifs is 4. The maximum atomic E-state index is 5.72. The molecular formula is C30H24S2. The van der Waals surface area contributed by atoms with Crippen molar-refractivity contribution in [1.82, 2.24) is 0 Å². The summed E-state index contributed by atoms with van der Waals surface area (Å²) in [6, 6.07) is 17.3. The van der Waals surface area contributed by atoms with Crippen LogP contribution in [0.2, 0.25) is 0 Å². The number of thiophene rings is 2. The van der Waals surface area contributed by atoms with Crippen LogP contribution in [0.25, 0.3) is 0 Å². The molecule has 0 unspecified atom stereocenters. The lowest BCUT2D eigenvalue weighted by atomic mass is 9.80. The lowest BCUT2D eigenvalue weighted by Gasteiger charge is -2.24. The molecule has 2 heteroatoms. The lowest BCUT2D eigenvalue weighted by molar-refractivity contribution is 0.943. The summed E-state index contributed by atoms with van der Waals surface area (Å²) in [5, 5.41) is 4.30. The highest BCUT2D eigenvalue weighted by Gasteiger charge is 2.27. The highest BCUT2D eigenvalue weighted by Crippen LogP contribution is 2.41. The number of hydrogen-bond acceptors (Lipinski definition) is 2. The van der Waals surface area contributed by atoms with E-state index in [4.69, 9.17) is 12.8 Å². The third kappa shape index (κ3) is 3.41. The van der Waals surface area contributed by atoms with Crippen LogP contribution in [-0.4, -0.2) is 0 Å². The van der Waals surface area contributed by atoms with Crippen molar-refractivity contribution in [3.8, 4) is 24.7 Å². The normalized spacial score (nSPS) is 17.4. The Morgan fingerprint density at radius 2 is 1.12 bits per heavy atom. The van der Waals surface area contributed by atoms with E-state index in [0.29, 0.717) is 0 Å². The summed E-state index contributed by atoms with van der Waals surface area (Å²) >= 11 is 3.64. The van der Waals surface area contributed by atoms with Gasteiger partial charge in [-0.2, -0.15) is 0 Å². The van der Waals surface area contributed by atoms with Crippen molar-refractivity contribution in [2.45, 2.75) is 38.5 Å². The van der Waals surface area contributed by atoms with Crippen LogP contribution in [0.15, 0.2) is 59.3 Å². The Bertz CT molecular complexity index is 1280. The van der Waals surface area contributed by atoms with E-state index in [0.717, 1.165) is 12.8 Å². The Balaban J connectivity index is 0.000000135. The van der Waals surface area contributed by atoms with E-state index in [1.807, 2.05) is 22.7 Å². The lowest BCUT2D eigenvalue weighted by Crippen LogP contribution is -2.11. The van der Waals surface area contributed by atoms with Crippen molar-refractivity contribution in [3.63, 3.8) is 0 Å². The molecule has 2 aromatic carbocycles. The molecule has 4 aromatic rings.